The molecule has 204 valence electrons. The number of thiophene rings is 1. The predicted molar refractivity (Wildman–Crippen MR) is 157 cm³/mol. The highest BCUT2D eigenvalue weighted by Crippen LogP contribution is 2.58. The van der Waals surface area contributed by atoms with Crippen LogP contribution < -0.4 is 4.74 Å². The van der Waals surface area contributed by atoms with Crippen LogP contribution >= 0.6 is 46.2 Å². The van der Waals surface area contributed by atoms with Gasteiger partial charge >= 0.3 is 0 Å². The molecule has 0 spiro atoms. The van der Waals surface area contributed by atoms with E-state index in [1.165, 1.54) is 34.6 Å². The number of benzene rings is 1. The molecule has 1 unspecified atom stereocenters. The summed E-state index contributed by atoms with van der Waals surface area (Å²) in [4.78, 5) is 10.3. The van der Waals surface area contributed by atoms with Crippen molar-refractivity contribution in [2.45, 2.75) is 75.5 Å². The fourth-order valence-electron chi connectivity index (χ4n) is 5.26. The molecule has 7 rings (SSSR count). The van der Waals surface area contributed by atoms with Crippen molar-refractivity contribution in [3.63, 3.8) is 0 Å². The van der Waals surface area contributed by atoms with Gasteiger partial charge in [-0.25, -0.2) is 14.1 Å². The van der Waals surface area contributed by atoms with Gasteiger partial charge < -0.3 is 9.47 Å². The van der Waals surface area contributed by atoms with Crippen LogP contribution in [-0.2, 0) is 10.4 Å². The highest BCUT2D eigenvalue weighted by atomic mass is 35.5. The number of alkyl halides is 1. The maximum absolute atomic E-state index is 16.0. The quantitative estimate of drug-likeness (QED) is 0.147. The molecule has 1 saturated heterocycles. The third-order valence-electron chi connectivity index (χ3n) is 7.14. The number of thioether (sulfide) groups is 1. The number of fused-ring (bicyclic) bond motifs is 4. The molecule has 12 heteroatoms. The van der Waals surface area contributed by atoms with E-state index in [-0.39, 0.29) is 6.23 Å². The maximum atomic E-state index is 16.0. The zero-order valence-corrected chi connectivity index (χ0v) is 25.2. The van der Waals surface area contributed by atoms with Crippen molar-refractivity contribution in [1.82, 2.24) is 24.1 Å². The molecule has 1 aliphatic heterocycles. The third kappa shape index (κ3) is 4.32. The molecule has 2 fully saturated rings. The average Bonchev–Trinajstić information content (AvgIpc) is 3.20. The minimum absolute atomic E-state index is 0.164. The van der Waals surface area contributed by atoms with Crippen molar-refractivity contribution < 1.29 is 13.9 Å². The maximum Gasteiger partial charge on any atom is 0.228 e. The van der Waals surface area contributed by atoms with Gasteiger partial charge in [0, 0.05) is 28.1 Å². The molecular formula is C27H27ClFN5O2S3. The van der Waals surface area contributed by atoms with Crippen molar-refractivity contribution in [2.24, 2.45) is 0 Å². The van der Waals surface area contributed by atoms with Crippen LogP contribution in [0, 0.1) is 0 Å². The van der Waals surface area contributed by atoms with Crippen LogP contribution in [0.2, 0.25) is 5.02 Å². The first-order valence-corrected chi connectivity index (χ1v) is 16.2. The van der Waals surface area contributed by atoms with Crippen LogP contribution in [0.25, 0.3) is 41.8 Å². The summed E-state index contributed by atoms with van der Waals surface area (Å²) in [5, 5.41) is 7.44. The second kappa shape index (κ2) is 9.24. The summed E-state index contributed by atoms with van der Waals surface area (Å²) < 4.78 is 37.0. The average molecular weight is 604 g/mol. The molecule has 1 atom stereocenters. The number of ether oxygens (including phenoxy) is 2. The summed E-state index contributed by atoms with van der Waals surface area (Å²) in [5.74, 6) is 0.543. The van der Waals surface area contributed by atoms with Gasteiger partial charge in [0.2, 0.25) is 5.88 Å². The lowest BCUT2D eigenvalue weighted by atomic mass is 9.95. The summed E-state index contributed by atoms with van der Waals surface area (Å²) in [6.45, 7) is 6.70. The Morgan fingerprint density at radius 3 is 2.74 bits per heavy atom. The minimum Gasteiger partial charge on any atom is -0.471 e. The third-order valence-corrected chi connectivity index (χ3v) is 10.1. The predicted octanol–water partition coefficient (Wildman–Crippen LogP) is 8.53. The van der Waals surface area contributed by atoms with Crippen molar-refractivity contribution in [2.75, 3.05) is 12.9 Å². The van der Waals surface area contributed by atoms with E-state index in [9.17, 15) is 0 Å². The Morgan fingerprint density at radius 2 is 2.05 bits per heavy atom. The van der Waals surface area contributed by atoms with Crippen molar-refractivity contribution in [1.29, 1.82) is 0 Å². The molecule has 39 heavy (non-hydrogen) atoms. The molecule has 1 saturated carbocycles. The molecule has 0 radical (unpaired) electrons. The van der Waals surface area contributed by atoms with Crippen molar-refractivity contribution >= 4 is 76.8 Å². The molecule has 1 aromatic carbocycles. The smallest absolute Gasteiger partial charge is 0.228 e. The van der Waals surface area contributed by atoms with Crippen LogP contribution in [-0.4, -0.2) is 42.6 Å². The second-order valence-corrected chi connectivity index (χ2v) is 14.1. The van der Waals surface area contributed by atoms with Gasteiger partial charge in [0.05, 0.1) is 26.5 Å². The van der Waals surface area contributed by atoms with Gasteiger partial charge in [-0.3, -0.25) is 0 Å². The van der Waals surface area contributed by atoms with Gasteiger partial charge in [-0.1, -0.05) is 23.4 Å². The fourth-order valence-corrected chi connectivity index (χ4v) is 8.28. The first-order chi connectivity index (χ1) is 18.7. The lowest BCUT2D eigenvalue weighted by molar-refractivity contribution is -0.0366. The van der Waals surface area contributed by atoms with Crippen molar-refractivity contribution in [3.8, 4) is 17.1 Å². The number of hydrogen-bond acceptors (Lipinski definition) is 9. The van der Waals surface area contributed by atoms with Crippen LogP contribution in [0.1, 0.15) is 64.7 Å². The number of nitrogens with zero attached hydrogens (tertiary/aromatic N) is 5. The topological polar surface area (TPSA) is 75.0 Å². The van der Waals surface area contributed by atoms with E-state index in [2.05, 4.69) is 0 Å². The summed E-state index contributed by atoms with van der Waals surface area (Å²) in [6.07, 6.45) is 7.47. The van der Waals surface area contributed by atoms with E-state index >= 15 is 4.39 Å². The van der Waals surface area contributed by atoms with Crippen LogP contribution in [0.3, 0.4) is 0 Å². The van der Waals surface area contributed by atoms with Gasteiger partial charge in [0.1, 0.15) is 21.8 Å². The molecule has 0 bridgehead atoms. The number of rotatable bonds is 5. The zero-order valence-electron chi connectivity index (χ0n) is 22.0. The van der Waals surface area contributed by atoms with Gasteiger partial charge in [-0.15, -0.1) is 11.3 Å². The molecule has 7 nitrogen and oxygen atoms in total. The minimum atomic E-state index is -1.47. The largest absolute Gasteiger partial charge is 0.471 e. The Bertz CT molecular complexity index is 1750. The van der Waals surface area contributed by atoms with Gasteiger partial charge in [0.25, 0.3) is 0 Å². The molecular weight excluding hydrogens is 577 g/mol. The normalized spacial score (nSPS) is 19.4. The van der Waals surface area contributed by atoms with E-state index in [1.54, 1.807) is 0 Å². The van der Waals surface area contributed by atoms with Crippen LogP contribution in [0.4, 0.5) is 4.39 Å². The highest BCUT2D eigenvalue weighted by Gasteiger charge is 2.49. The summed E-state index contributed by atoms with van der Waals surface area (Å²) in [5.41, 5.74) is 0.858. The Kier molecular flexibility index (Phi) is 6.13. The van der Waals surface area contributed by atoms with Crippen LogP contribution in [0.5, 0.6) is 5.88 Å². The van der Waals surface area contributed by atoms with E-state index in [0.717, 1.165) is 49.8 Å². The van der Waals surface area contributed by atoms with Crippen molar-refractivity contribution in [3.05, 3.63) is 22.8 Å². The SMILES string of the molecule is CSc1nc(OC(C)(C)C)c2c(n1)sc1c(-c3c(C4(F)CC4)c(Cl)cc4c3cnn4C3CCCCO3)nsc12. The number of hydrogen-bond donors (Lipinski definition) is 0. The van der Waals surface area contributed by atoms with E-state index < -0.39 is 11.3 Å². The summed E-state index contributed by atoms with van der Waals surface area (Å²) in [6, 6.07) is 1.85. The molecule has 2 aliphatic rings. The van der Waals surface area contributed by atoms with Gasteiger partial charge in [-0.05, 0) is 76.7 Å². The van der Waals surface area contributed by atoms with Gasteiger partial charge in [0.15, 0.2) is 11.4 Å². The first kappa shape index (κ1) is 25.9. The molecule has 1 aliphatic carbocycles. The van der Waals surface area contributed by atoms with Crippen LogP contribution in [0.15, 0.2) is 17.4 Å². The lowest BCUT2D eigenvalue weighted by Gasteiger charge is -2.24. The lowest BCUT2D eigenvalue weighted by Crippen LogP contribution is -2.23. The summed E-state index contributed by atoms with van der Waals surface area (Å²) in [7, 11) is 0. The monoisotopic (exact) mass is 603 g/mol. The molecule has 0 N–H and O–H groups in total. The van der Waals surface area contributed by atoms with E-state index in [0.29, 0.717) is 52.3 Å². The fraction of sp³-hybridized carbons (Fsp3) is 0.481. The molecule has 5 aromatic rings. The zero-order chi connectivity index (χ0) is 27.1. The first-order valence-electron chi connectivity index (χ1n) is 13.0. The molecule has 0 amide bonds. The van der Waals surface area contributed by atoms with E-state index in [4.69, 9.17) is 40.5 Å². The Morgan fingerprint density at radius 1 is 1.23 bits per heavy atom. The Labute approximate surface area is 242 Å². The Hall–Kier alpha value is -2.05. The highest BCUT2D eigenvalue weighted by molar-refractivity contribution is 7.98. The Balaban J connectivity index is 1.50. The standard InChI is InChI=1S/C27H27ClFN5O2S3/c1-26(2,3)36-23-18-21-22(38-24(18)32-25(31-23)37-4)20(33-39-21)17-13-12-30-34(16-7-5-6-10-35-16)15(13)11-14(28)19(17)27(29)8-9-27/h11-12,16H,5-10H2,1-4H3. The summed E-state index contributed by atoms with van der Waals surface area (Å²) >= 11 is 11.3. The van der Waals surface area contributed by atoms with Gasteiger partial charge in [-0.2, -0.15) is 14.5 Å². The second-order valence-electron chi connectivity index (χ2n) is 11.1. The number of aromatic nitrogens is 5. The number of halogens is 2. The molecule has 5 heterocycles. The molecule has 4 aromatic heterocycles. The van der Waals surface area contributed by atoms with E-state index in [1.807, 2.05) is 44.0 Å².